The van der Waals surface area contributed by atoms with Crippen LogP contribution < -0.4 is 29.6 Å². The summed E-state index contributed by atoms with van der Waals surface area (Å²) < 4.78 is 46.2. The second-order valence-electron chi connectivity index (χ2n) is 8.35. The van der Waals surface area contributed by atoms with Gasteiger partial charge in [-0.2, -0.15) is 4.72 Å². The molecule has 0 bridgehead atoms. The molecule has 0 radical (unpaired) electrons. The number of sulfonamides is 1. The number of fused-ring (bicyclic) bond motifs is 1. The van der Waals surface area contributed by atoms with E-state index >= 15 is 0 Å². The lowest BCUT2D eigenvalue weighted by Crippen LogP contribution is -2.49. The Bertz CT molecular complexity index is 1360. The van der Waals surface area contributed by atoms with E-state index in [-0.39, 0.29) is 10.8 Å². The maximum Gasteiger partial charge on any atom is 0.252 e. The Kier molecular flexibility index (Phi) is 9.07. The monoisotopic (exact) mass is 561 g/mol. The number of thiophene rings is 1. The third-order valence-electron chi connectivity index (χ3n) is 5.70. The van der Waals surface area contributed by atoms with Crippen molar-refractivity contribution in [1.82, 2.24) is 9.62 Å². The van der Waals surface area contributed by atoms with Crippen molar-refractivity contribution < 1.29 is 27.7 Å². The van der Waals surface area contributed by atoms with Gasteiger partial charge in [0, 0.05) is 25.2 Å². The zero-order valence-electron chi connectivity index (χ0n) is 21.3. The molecule has 0 saturated carbocycles. The van der Waals surface area contributed by atoms with Crippen LogP contribution in [0, 0.1) is 0 Å². The van der Waals surface area contributed by atoms with Crippen LogP contribution in [0.2, 0.25) is 0 Å². The molecule has 0 spiro atoms. The van der Waals surface area contributed by atoms with E-state index in [0.717, 1.165) is 11.3 Å². The molecule has 0 saturated heterocycles. The normalized spacial score (nSPS) is 14.9. The van der Waals surface area contributed by atoms with Gasteiger partial charge in [-0.1, -0.05) is 18.2 Å². The van der Waals surface area contributed by atoms with E-state index in [2.05, 4.69) is 15.4 Å². The molecule has 1 unspecified atom stereocenters. The molecular formula is C25H31N5O6S2. The number of methoxy groups -OCH3 is 2. The van der Waals surface area contributed by atoms with Gasteiger partial charge in [-0.25, -0.2) is 13.4 Å². The van der Waals surface area contributed by atoms with Gasteiger partial charge in [-0.05, 0) is 30.6 Å². The SMILES string of the molecule is COc1cc(NC2=Nc3ccccc3NC2NS(=O)(=O)c2cccs2)c(OCCN(C)CCO)c(OC)c1. The van der Waals surface area contributed by atoms with Gasteiger partial charge < -0.3 is 34.9 Å². The van der Waals surface area contributed by atoms with Gasteiger partial charge in [0.2, 0.25) is 0 Å². The number of amidine groups is 1. The summed E-state index contributed by atoms with van der Waals surface area (Å²) in [6.45, 7) is 1.44. The maximum absolute atomic E-state index is 13.1. The number of aliphatic hydroxyl groups excluding tert-OH is 1. The lowest BCUT2D eigenvalue weighted by atomic mass is 10.2. The highest BCUT2D eigenvalue weighted by molar-refractivity contribution is 7.91. The van der Waals surface area contributed by atoms with Crippen molar-refractivity contribution in [2.24, 2.45) is 4.99 Å². The number of rotatable bonds is 12. The lowest BCUT2D eigenvalue weighted by Gasteiger charge is -2.29. The van der Waals surface area contributed by atoms with Crippen molar-refractivity contribution in [1.29, 1.82) is 0 Å². The first kappa shape index (κ1) is 27.7. The number of aliphatic imine (C=N–C) groups is 1. The van der Waals surface area contributed by atoms with Crippen LogP contribution in [0.4, 0.5) is 17.1 Å². The standard InChI is InChI=1S/C25H31N5O6S2/c1-30(10-12-31)11-13-36-23-20(15-17(34-2)16-21(23)35-3)28-24-25(27-19-8-5-4-7-18(19)26-24)29-38(32,33)22-9-6-14-37-22/h4-9,14-16,25,27,29,31H,10-13H2,1-3H3,(H,26,28). The number of ether oxygens (including phenoxy) is 3. The van der Waals surface area contributed by atoms with Gasteiger partial charge >= 0.3 is 0 Å². The summed E-state index contributed by atoms with van der Waals surface area (Å²) in [4.78, 5) is 6.65. The van der Waals surface area contributed by atoms with E-state index in [1.807, 2.05) is 36.2 Å². The highest BCUT2D eigenvalue weighted by atomic mass is 32.2. The Morgan fingerprint density at radius 1 is 1.13 bits per heavy atom. The zero-order valence-corrected chi connectivity index (χ0v) is 22.9. The predicted octanol–water partition coefficient (Wildman–Crippen LogP) is 2.94. The van der Waals surface area contributed by atoms with Crippen LogP contribution in [-0.2, 0) is 10.0 Å². The molecule has 1 atom stereocenters. The van der Waals surface area contributed by atoms with E-state index in [1.165, 1.54) is 14.2 Å². The Morgan fingerprint density at radius 2 is 1.95 bits per heavy atom. The summed E-state index contributed by atoms with van der Waals surface area (Å²) in [7, 11) is 1.12. The summed E-state index contributed by atoms with van der Waals surface area (Å²) in [5.41, 5.74) is 1.80. The summed E-state index contributed by atoms with van der Waals surface area (Å²) in [5, 5.41) is 17.3. The van der Waals surface area contributed by atoms with Crippen LogP contribution in [0.5, 0.6) is 17.2 Å². The molecule has 0 aliphatic carbocycles. The number of hydrogen-bond donors (Lipinski definition) is 4. The fourth-order valence-electron chi connectivity index (χ4n) is 3.74. The minimum atomic E-state index is -3.83. The van der Waals surface area contributed by atoms with Crippen molar-refractivity contribution in [3.8, 4) is 17.2 Å². The van der Waals surface area contributed by atoms with Crippen molar-refractivity contribution in [3.05, 3.63) is 53.9 Å². The third-order valence-corrected chi connectivity index (χ3v) is 8.52. The molecule has 1 aliphatic heterocycles. The summed E-state index contributed by atoms with van der Waals surface area (Å²) in [6, 6.07) is 14.0. The van der Waals surface area contributed by atoms with E-state index < -0.39 is 16.2 Å². The predicted molar refractivity (Wildman–Crippen MR) is 149 cm³/mol. The topological polar surface area (TPSA) is 134 Å². The number of hydrogen-bond acceptors (Lipinski definition) is 11. The van der Waals surface area contributed by atoms with Crippen LogP contribution in [-0.4, -0.2) is 78.0 Å². The number of anilines is 2. The van der Waals surface area contributed by atoms with Gasteiger partial charge in [-0.3, -0.25) is 0 Å². The zero-order chi connectivity index (χ0) is 27.1. The molecule has 3 aromatic rings. The molecular weight excluding hydrogens is 530 g/mol. The fourth-order valence-corrected chi connectivity index (χ4v) is 5.86. The van der Waals surface area contributed by atoms with Gasteiger partial charge in [0.1, 0.15) is 28.6 Å². The van der Waals surface area contributed by atoms with Crippen LogP contribution in [0.1, 0.15) is 0 Å². The summed E-state index contributed by atoms with van der Waals surface area (Å²) in [5.74, 6) is 1.65. The van der Waals surface area contributed by atoms with Crippen LogP contribution in [0.3, 0.4) is 0 Å². The van der Waals surface area contributed by atoms with Gasteiger partial charge in [-0.15, -0.1) is 11.3 Å². The molecule has 4 N–H and O–H groups in total. The van der Waals surface area contributed by atoms with Crippen LogP contribution in [0.15, 0.2) is 63.1 Å². The Morgan fingerprint density at radius 3 is 2.66 bits per heavy atom. The van der Waals surface area contributed by atoms with Crippen molar-refractivity contribution >= 4 is 44.3 Å². The highest BCUT2D eigenvalue weighted by Crippen LogP contribution is 2.40. The van der Waals surface area contributed by atoms with Crippen molar-refractivity contribution in [2.45, 2.75) is 10.4 Å². The summed E-state index contributed by atoms with van der Waals surface area (Å²) >= 11 is 1.13. The van der Waals surface area contributed by atoms with Gasteiger partial charge in [0.15, 0.2) is 11.5 Å². The number of nitrogens with one attached hydrogen (secondary N) is 3. The molecule has 1 aromatic heterocycles. The highest BCUT2D eigenvalue weighted by Gasteiger charge is 2.29. The number of aliphatic hydroxyl groups is 1. The van der Waals surface area contributed by atoms with E-state index in [1.54, 1.807) is 29.6 Å². The first-order chi connectivity index (χ1) is 18.3. The molecule has 4 rings (SSSR count). The van der Waals surface area contributed by atoms with Crippen LogP contribution in [0.25, 0.3) is 0 Å². The minimum Gasteiger partial charge on any atom is -0.497 e. The van der Waals surface area contributed by atoms with Crippen molar-refractivity contribution in [3.63, 3.8) is 0 Å². The average Bonchev–Trinajstić information content (AvgIpc) is 3.46. The maximum atomic E-state index is 13.1. The lowest BCUT2D eigenvalue weighted by molar-refractivity contribution is 0.190. The Labute approximate surface area is 226 Å². The Balaban J connectivity index is 1.68. The average molecular weight is 562 g/mol. The second-order valence-corrected chi connectivity index (χ2v) is 11.2. The second kappa shape index (κ2) is 12.5. The van der Waals surface area contributed by atoms with Gasteiger partial charge in [0.25, 0.3) is 10.0 Å². The molecule has 13 heteroatoms. The summed E-state index contributed by atoms with van der Waals surface area (Å²) in [6.07, 6.45) is -0.905. The fraction of sp³-hybridized carbons (Fsp3) is 0.320. The van der Waals surface area contributed by atoms with Crippen LogP contribution >= 0.6 is 11.3 Å². The van der Waals surface area contributed by atoms with E-state index in [9.17, 15) is 8.42 Å². The molecule has 204 valence electrons. The minimum absolute atomic E-state index is 0.0478. The largest absolute Gasteiger partial charge is 0.497 e. The molecule has 1 aliphatic rings. The smallest absolute Gasteiger partial charge is 0.252 e. The van der Waals surface area contributed by atoms with Gasteiger partial charge in [0.05, 0.1) is 37.9 Å². The Hall–Kier alpha value is -3.36. The van der Waals surface area contributed by atoms with E-state index in [0.29, 0.717) is 59.8 Å². The first-order valence-corrected chi connectivity index (χ1v) is 14.2. The van der Waals surface area contributed by atoms with E-state index in [4.69, 9.17) is 24.3 Å². The molecule has 11 nitrogen and oxygen atoms in total. The van der Waals surface area contributed by atoms with Crippen molar-refractivity contribution in [2.75, 3.05) is 58.2 Å². The quantitative estimate of drug-likeness (QED) is 0.263. The number of benzene rings is 2. The molecule has 0 fully saturated rings. The third kappa shape index (κ3) is 6.55. The molecule has 2 aromatic carbocycles. The molecule has 38 heavy (non-hydrogen) atoms. The number of nitrogens with zero attached hydrogens (tertiary/aromatic N) is 2. The first-order valence-electron chi connectivity index (χ1n) is 11.8. The number of para-hydroxylation sites is 2. The molecule has 2 heterocycles. The molecule has 0 amide bonds. The number of likely N-dealkylation sites (N-methyl/N-ethyl adjacent to an activating group) is 1.